The minimum atomic E-state index is -3.37. The average Bonchev–Trinajstić information content (AvgIpc) is 3.10. The van der Waals surface area contributed by atoms with Gasteiger partial charge < -0.3 is 15.0 Å². The lowest BCUT2D eigenvalue weighted by atomic mass is 10.1. The summed E-state index contributed by atoms with van der Waals surface area (Å²) in [5.74, 6) is -0.275. The Morgan fingerprint density at radius 2 is 1.80 bits per heavy atom. The summed E-state index contributed by atoms with van der Waals surface area (Å²) in [5, 5.41) is 2.79. The molecular weight excluding hydrogens is 406 g/mol. The zero-order valence-electron chi connectivity index (χ0n) is 16.9. The third-order valence-corrected chi connectivity index (χ3v) is 6.26. The van der Waals surface area contributed by atoms with Crippen molar-refractivity contribution in [1.29, 1.82) is 0 Å². The SMILES string of the molecule is CCCS(=O)(=O)Nc1ccc(NC(=O)C2CC(=O)N(c3ccccc3OC)C2)cc1. The molecule has 0 radical (unpaired) electrons. The highest BCUT2D eigenvalue weighted by Gasteiger charge is 2.36. The number of benzene rings is 2. The maximum Gasteiger partial charge on any atom is 0.232 e. The van der Waals surface area contributed by atoms with Crippen molar-refractivity contribution in [3.05, 3.63) is 48.5 Å². The van der Waals surface area contributed by atoms with Crippen molar-refractivity contribution in [2.24, 2.45) is 5.92 Å². The molecule has 2 aromatic rings. The number of carbonyl (C=O) groups excluding carboxylic acids is 2. The van der Waals surface area contributed by atoms with E-state index in [2.05, 4.69) is 10.0 Å². The fraction of sp³-hybridized carbons (Fsp3) is 0.333. The average molecular weight is 432 g/mol. The summed E-state index contributed by atoms with van der Waals surface area (Å²) in [4.78, 5) is 26.7. The molecule has 2 aromatic carbocycles. The number of hydrogen-bond donors (Lipinski definition) is 2. The number of anilines is 3. The number of amides is 2. The summed E-state index contributed by atoms with van der Waals surface area (Å²) in [7, 11) is -1.83. The third kappa shape index (κ3) is 5.10. The van der Waals surface area contributed by atoms with Crippen LogP contribution in [-0.4, -0.2) is 39.6 Å². The lowest BCUT2D eigenvalue weighted by Gasteiger charge is -2.19. The molecule has 9 heteroatoms. The first-order valence-electron chi connectivity index (χ1n) is 9.67. The van der Waals surface area contributed by atoms with Gasteiger partial charge in [0.05, 0.1) is 24.5 Å². The summed E-state index contributed by atoms with van der Waals surface area (Å²) >= 11 is 0. The normalized spacial score (nSPS) is 16.4. The summed E-state index contributed by atoms with van der Waals surface area (Å²) in [6.45, 7) is 2.06. The molecule has 1 aliphatic rings. The molecule has 0 aromatic heterocycles. The van der Waals surface area contributed by atoms with Gasteiger partial charge in [-0.25, -0.2) is 8.42 Å². The number of carbonyl (C=O) groups is 2. The van der Waals surface area contributed by atoms with Gasteiger partial charge in [-0.3, -0.25) is 14.3 Å². The first-order valence-corrected chi connectivity index (χ1v) is 11.3. The van der Waals surface area contributed by atoms with Gasteiger partial charge in [0.2, 0.25) is 21.8 Å². The van der Waals surface area contributed by atoms with Gasteiger partial charge in [-0.15, -0.1) is 0 Å². The van der Waals surface area contributed by atoms with E-state index in [1.807, 2.05) is 12.1 Å². The fourth-order valence-corrected chi connectivity index (χ4v) is 4.47. The van der Waals surface area contributed by atoms with Gasteiger partial charge in [0.15, 0.2) is 0 Å². The monoisotopic (exact) mass is 431 g/mol. The molecule has 0 spiro atoms. The molecule has 1 unspecified atom stereocenters. The predicted octanol–water partition coefficient (Wildman–Crippen LogP) is 2.84. The molecule has 2 amide bonds. The number of rotatable bonds is 8. The van der Waals surface area contributed by atoms with E-state index in [-0.39, 0.29) is 30.5 Å². The molecule has 8 nitrogen and oxygen atoms in total. The fourth-order valence-electron chi connectivity index (χ4n) is 3.33. The van der Waals surface area contributed by atoms with Gasteiger partial charge in [-0.1, -0.05) is 19.1 Å². The van der Waals surface area contributed by atoms with E-state index in [9.17, 15) is 18.0 Å². The topological polar surface area (TPSA) is 105 Å². The Labute approximate surface area is 176 Å². The van der Waals surface area contributed by atoms with E-state index < -0.39 is 15.9 Å². The number of methoxy groups -OCH3 is 1. The van der Waals surface area contributed by atoms with Crippen LogP contribution in [-0.2, 0) is 19.6 Å². The number of sulfonamides is 1. The first kappa shape index (κ1) is 21.6. The van der Waals surface area contributed by atoms with Gasteiger partial charge in [0.25, 0.3) is 0 Å². The second-order valence-electron chi connectivity index (χ2n) is 7.06. The Morgan fingerprint density at radius 3 is 2.47 bits per heavy atom. The Hall–Kier alpha value is -3.07. The van der Waals surface area contributed by atoms with E-state index in [0.29, 0.717) is 29.2 Å². The zero-order valence-corrected chi connectivity index (χ0v) is 17.7. The van der Waals surface area contributed by atoms with Gasteiger partial charge >= 0.3 is 0 Å². The van der Waals surface area contributed by atoms with E-state index >= 15 is 0 Å². The molecule has 3 rings (SSSR count). The van der Waals surface area contributed by atoms with Gasteiger partial charge in [-0.05, 0) is 42.8 Å². The molecule has 1 heterocycles. The van der Waals surface area contributed by atoms with Crippen molar-refractivity contribution in [2.45, 2.75) is 19.8 Å². The van der Waals surface area contributed by atoms with Crippen LogP contribution < -0.4 is 19.7 Å². The maximum absolute atomic E-state index is 12.7. The Morgan fingerprint density at radius 1 is 1.13 bits per heavy atom. The molecule has 30 heavy (non-hydrogen) atoms. The molecule has 0 aliphatic carbocycles. The smallest absolute Gasteiger partial charge is 0.232 e. The highest BCUT2D eigenvalue weighted by atomic mass is 32.2. The molecule has 1 saturated heterocycles. The van der Waals surface area contributed by atoms with E-state index in [1.165, 1.54) is 7.11 Å². The quantitative estimate of drug-likeness (QED) is 0.669. The lowest BCUT2D eigenvalue weighted by molar-refractivity contribution is -0.122. The molecule has 160 valence electrons. The zero-order chi connectivity index (χ0) is 21.7. The summed E-state index contributed by atoms with van der Waals surface area (Å²) in [6.07, 6.45) is 0.633. The van der Waals surface area contributed by atoms with Crippen LogP contribution in [0.15, 0.2) is 48.5 Å². The van der Waals surface area contributed by atoms with Crippen LogP contribution in [0, 0.1) is 5.92 Å². The van der Waals surface area contributed by atoms with Crippen molar-refractivity contribution >= 4 is 38.9 Å². The van der Waals surface area contributed by atoms with Gasteiger partial charge in [0, 0.05) is 24.3 Å². The van der Waals surface area contributed by atoms with E-state index in [4.69, 9.17) is 4.74 Å². The highest BCUT2D eigenvalue weighted by Crippen LogP contribution is 2.33. The number of para-hydroxylation sites is 2. The van der Waals surface area contributed by atoms with Gasteiger partial charge in [-0.2, -0.15) is 0 Å². The number of nitrogens with one attached hydrogen (secondary N) is 2. The minimum absolute atomic E-state index is 0.0455. The van der Waals surface area contributed by atoms with Crippen LogP contribution in [0.5, 0.6) is 5.75 Å². The minimum Gasteiger partial charge on any atom is -0.495 e. The van der Waals surface area contributed by atoms with Crippen molar-refractivity contribution in [2.75, 3.05) is 34.3 Å². The van der Waals surface area contributed by atoms with Gasteiger partial charge in [0.1, 0.15) is 5.75 Å². The summed E-state index contributed by atoms with van der Waals surface area (Å²) in [5.41, 5.74) is 1.60. The van der Waals surface area contributed by atoms with Crippen molar-refractivity contribution in [3.63, 3.8) is 0 Å². The summed E-state index contributed by atoms with van der Waals surface area (Å²) < 4.78 is 31.5. The second-order valence-corrected chi connectivity index (χ2v) is 8.91. The van der Waals surface area contributed by atoms with Crippen molar-refractivity contribution in [1.82, 2.24) is 0 Å². The van der Waals surface area contributed by atoms with Crippen molar-refractivity contribution in [3.8, 4) is 5.75 Å². The summed E-state index contributed by atoms with van der Waals surface area (Å²) in [6, 6.07) is 13.6. The predicted molar refractivity (Wildman–Crippen MR) is 116 cm³/mol. The molecule has 0 bridgehead atoms. The largest absolute Gasteiger partial charge is 0.495 e. The number of hydrogen-bond acceptors (Lipinski definition) is 5. The molecule has 2 N–H and O–H groups in total. The third-order valence-electron chi connectivity index (χ3n) is 4.77. The molecule has 1 aliphatic heterocycles. The van der Waals surface area contributed by atoms with Crippen LogP contribution in [0.3, 0.4) is 0 Å². The van der Waals surface area contributed by atoms with Crippen LogP contribution >= 0.6 is 0 Å². The van der Waals surface area contributed by atoms with Crippen molar-refractivity contribution < 1.29 is 22.7 Å². The van der Waals surface area contributed by atoms with E-state index in [0.717, 1.165) is 0 Å². The number of nitrogens with zero attached hydrogens (tertiary/aromatic N) is 1. The van der Waals surface area contributed by atoms with Crippen LogP contribution in [0.2, 0.25) is 0 Å². The molecular formula is C21H25N3O5S. The van der Waals surface area contributed by atoms with Crippen LogP contribution in [0.4, 0.5) is 17.1 Å². The molecule has 1 atom stereocenters. The van der Waals surface area contributed by atoms with Crippen LogP contribution in [0.1, 0.15) is 19.8 Å². The standard InChI is InChI=1S/C21H25N3O5S/c1-3-12-30(27,28)23-17-10-8-16(9-11-17)22-21(26)15-13-20(25)24(14-15)18-6-4-5-7-19(18)29-2/h4-11,15,23H,3,12-14H2,1-2H3,(H,22,26). The lowest BCUT2D eigenvalue weighted by Crippen LogP contribution is -2.28. The second kappa shape index (κ2) is 9.17. The highest BCUT2D eigenvalue weighted by molar-refractivity contribution is 7.92. The Bertz CT molecular complexity index is 1020. The first-order chi connectivity index (χ1) is 14.3. The Balaban J connectivity index is 1.63. The molecule has 0 saturated carbocycles. The number of ether oxygens (including phenoxy) is 1. The van der Waals surface area contributed by atoms with E-state index in [1.54, 1.807) is 48.2 Å². The van der Waals surface area contributed by atoms with Crippen LogP contribution in [0.25, 0.3) is 0 Å². The molecule has 1 fully saturated rings. The maximum atomic E-state index is 12.7. The Kier molecular flexibility index (Phi) is 6.61.